The Morgan fingerprint density at radius 1 is 1.15 bits per heavy atom. The molecule has 1 aliphatic rings. The van der Waals surface area contributed by atoms with Crippen LogP contribution in [-0.4, -0.2) is 32.1 Å². The highest BCUT2D eigenvalue weighted by Gasteiger charge is 2.23. The second-order valence-corrected chi connectivity index (χ2v) is 6.08. The Kier molecular flexibility index (Phi) is 5.65. The molecular weight excluding hydrogens is 345 g/mol. The van der Waals surface area contributed by atoms with Crippen LogP contribution < -0.4 is 15.0 Å². The van der Waals surface area contributed by atoms with Crippen LogP contribution in [0.2, 0.25) is 0 Å². The molecule has 0 aliphatic carbocycles. The average Bonchev–Trinajstić information content (AvgIpc) is 2.58. The first-order valence-corrected chi connectivity index (χ1v) is 8.41. The Labute approximate surface area is 149 Å². The molecule has 0 fully saturated rings. The Balaban J connectivity index is 1.50. The van der Waals surface area contributed by atoms with Gasteiger partial charge < -0.3 is 15.0 Å². The van der Waals surface area contributed by atoms with E-state index in [9.17, 15) is 18.0 Å². The van der Waals surface area contributed by atoms with E-state index < -0.39 is 17.5 Å². The Morgan fingerprint density at radius 3 is 2.81 bits per heavy atom. The number of fused-ring (bicyclic) bond motifs is 1. The largest absolute Gasteiger partial charge is 0.492 e. The molecule has 0 bridgehead atoms. The number of carbonyl (C=O) groups excluding carboxylic acids is 1. The summed E-state index contributed by atoms with van der Waals surface area (Å²) in [4.78, 5) is 13.7. The van der Waals surface area contributed by atoms with Crippen LogP contribution in [0.5, 0.6) is 5.75 Å². The van der Waals surface area contributed by atoms with Gasteiger partial charge >= 0.3 is 0 Å². The first-order chi connectivity index (χ1) is 12.5. The van der Waals surface area contributed by atoms with Crippen LogP contribution in [0, 0.1) is 17.5 Å². The standard InChI is InChI=1S/C19H19F3N2O2/c20-14-4-1-5-16(10-14)26-8-6-23-18(25)12-24-7-2-3-13-9-15(21)11-17(22)19(13)24/h1,4-5,9-11H,2-3,6-8,12H2,(H,23,25). The molecule has 0 saturated heterocycles. The van der Waals surface area contributed by atoms with Crippen LogP contribution in [0.25, 0.3) is 0 Å². The minimum absolute atomic E-state index is 0.0183. The summed E-state index contributed by atoms with van der Waals surface area (Å²) in [6.45, 7) is 0.936. The van der Waals surface area contributed by atoms with Gasteiger partial charge in [-0.15, -0.1) is 0 Å². The molecule has 4 nitrogen and oxygen atoms in total. The fraction of sp³-hybridized carbons (Fsp3) is 0.316. The van der Waals surface area contributed by atoms with Crippen molar-refractivity contribution in [3.05, 3.63) is 59.4 Å². The van der Waals surface area contributed by atoms with Gasteiger partial charge in [0.05, 0.1) is 18.8 Å². The summed E-state index contributed by atoms with van der Waals surface area (Å²) in [5, 5.41) is 2.68. The topological polar surface area (TPSA) is 41.6 Å². The lowest BCUT2D eigenvalue weighted by molar-refractivity contribution is -0.119. The first kappa shape index (κ1) is 18.1. The Morgan fingerprint density at radius 2 is 2.00 bits per heavy atom. The zero-order valence-corrected chi connectivity index (χ0v) is 14.1. The van der Waals surface area contributed by atoms with Crippen molar-refractivity contribution in [3.8, 4) is 5.75 Å². The first-order valence-electron chi connectivity index (χ1n) is 8.41. The second kappa shape index (κ2) is 8.12. The summed E-state index contributed by atoms with van der Waals surface area (Å²) in [5.41, 5.74) is 0.875. The van der Waals surface area contributed by atoms with Gasteiger partial charge in [-0.25, -0.2) is 13.2 Å². The van der Waals surface area contributed by atoms with Gasteiger partial charge in [0.15, 0.2) is 0 Å². The minimum Gasteiger partial charge on any atom is -0.492 e. The number of hydrogen-bond acceptors (Lipinski definition) is 3. The van der Waals surface area contributed by atoms with Gasteiger partial charge in [-0.2, -0.15) is 0 Å². The van der Waals surface area contributed by atoms with Gasteiger partial charge in [0.25, 0.3) is 0 Å². The van der Waals surface area contributed by atoms with E-state index in [0.29, 0.717) is 30.0 Å². The second-order valence-electron chi connectivity index (χ2n) is 6.08. The van der Waals surface area contributed by atoms with Gasteiger partial charge in [-0.3, -0.25) is 4.79 Å². The fourth-order valence-electron chi connectivity index (χ4n) is 3.04. The van der Waals surface area contributed by atoms with E-state index in [1.807, 2.05) is 0 Å². The van der Waals surface area contributed by atoms with Crippen molar-refractivity contribution in [1.29, 1.82) is 0 Å². The average molecular weight is 364 g/mol. The molecular formula is C19H19F3N2O2. The molecule has 2 aromatic carbocycles. The van der Waals surface area contributed by atoms with Gasteiger partial charge in [-0.1, -0.05) is 6.07 Å². The molecule has 0 spiro atoms. The molecule has 26 heavy (non-hydrogen) atoms. The number of hydrogen-bond donors (Lipinski definition) is 1. The quantitative estimate of drug-likeness (QED) is 0.801. The number of halogens is 3. The molecule has 7 heteroatoms. The van der Waals surface area contributed by atoms with Crippen LogP contribution in [0.15, 0.2) is 36.4 Å². The summed E-state index contributed by atoms with van der Waals surface area (Å²) in [6, 6.07) is 7.88. The van der Waals surface area contributed by atoms with Crippen molar-refractivity contribution in [2.45, 2.75) is 12.8 Å². The SMILES string of the molecule is O=C(CN1CCCc2cc(F)cc(F)c21)NCCOc1cccc(F)c1. The number of amides is 1. The monoisotopic (exact) mass is 364 g/mol. The predicted octanol–water partition coefficient (Wildman–Crippen LogP) is 3.05. The molecule has 1 heterocycles. The number of rotatable bonds is 6. The summed E-state index contributed by atoms with van der Waals surface area (Å²) in [7, 11) is 0. The fourth-order valence-corrected chi connectivity index (χ4v) is 3.04. The van der Waals surface area contributed by atoms with Crippen LogP contribution in [0.4, 0.5) is 18.9 Å². The van der Waals surface area contributed by atoms with E-state index in [1.54, 1.807) is 11.0 Å². The summed E-state index contributed by atoms with van der Waals surface area (Å²) in [5.74, 6) is -1.56. The lowest BCUT2D eigenvalue weighted by Gasteiger charge is -2.31. The van der Waals surface area contributed by atoms with E-state index in [1.165, 1.54) is 24.3 Å². The molecule has 3 rings (SSSR count). The maximum atomic E-state index is 14.1. The third-order valence-electron chi connectivity index (χ3n) is 4.12. The molecule has 0 unspecified atom stereocenters. The van der Waals surface area contributed by atoms with Crippen LogP contribution in [0.3, 0.4) is 0 Å². The number of anilines is 1. The van der Waals surface area contributed by atoms with Crippen LogP contribution in [-0.2, 0) is 11.2 Å². The summed E-state index contributed by atoms with van der Waals surface area (Å²) in [6.07, 6.45) is 1.31. The number of ether oxygens (including phenoxy) is 1. The van der Waals surface area contributed by atoms with Gasteiger partial charge in [0.2, 0.25) is 5.91 Å². The summed E-state index contributed by atoms with van der Waals surface area (Å²) >= 11 is 0. The van der Waals surface area contributed by atoms with E-state index >= 15 is 0 Å². The van der Waals surface area contributed by atoms with Gasteiger partial charge in [0, 0.05) is 18.7 Å². The van der Waals surface area contributed by atoms with E-state index in [2.05, 4.69) is 5.32 Å². The molecule has 1 amide bonds. The van der Waals surface area contributed by atoms with Crippen LogP contribution in [0.1, 0.15) is 12.0 Å². The number of carbonyl (C=O) groups is 1. The minimum atomic E-state index is -0.651. The highest BCUT2D eigenvalue weighted by Crippen LogP contribution is 2.30. The van der Waals surface area contributed by atoms with Crippen LogP contribution >= 0.6 is 0 Å². The van der Waals surface area contributed by atoms with Crippen molar-refractivity contribution in [2.24, 2.45) is 0 Å². The maximum absolute atomic E-state index is 14.1. The van der Waals surface area contributed by atoms with Gasteiger partial charge in [0.1, 0.15) is 29.8 Å². The molecule has 1 aliphatic heterocycles. The third-order valence-corrected chi connectivity index (χ3v) is 4.12. The zero-order valence-electron chi connectivity index (χ0n) is 14.1. The number of benzene rings is 2. The summed E-state index contributed by atoms with van der Waals surface area (Å²) < 4.78 is 45.8. The number of nitrogens with one attached hydrogen (secondary N) is 1. The number of aryl methyl sites for hydroxylation is 1. The van der Waals surface area contributed by atoms with E-state index in [-0.39, 0.29) is 25.6 Å². The van der Waals surface area contributed by atoms with E-state index in [0.717, 1.165) is 12.5 Å². The molecule has 1 N–H and O–H groups in total. The molecule has 0 saturated carbocycles. The lowest BCUT2D eigenvalue weighted by atomic mass is 10.0. The highest BCUT2D eigenvalue weighted by molar-refractivity contribution is 5.82. The normalized spacial score (nSPS) is 13.3. The number of nitrogens with zero attached hydrogens (tertiary/aromatic N) is 1. The molecule has 0 radical (unpaired) electrons. The van der Waals surface area contributed by atoms with E-state index in [4.69, 9.17) is 4.74 Å². The smallest absolute Gasteiger partial charge is 0.239 e. The van der Waals surface area contributed by atoms with Crippen molar-refractivity contribution >= 4 is 11.6 Å². The molecule has 0 atom stereocenters. The Hall–Kier alpha value is -2.70. The van der Waals surface area contributed by atoms with Crippen molar-refractivity contribution < 1.29 is 22.7 Å². The Bertz CT molecular complexity index is 798. The van der Waals surface area contributed by atoms with Gasteiger partial charge in [-0.05, 0) is 36.6 Å². The van der Waals surface area contributed by atoms with Crippen molar-refractivity contribution in [2.75, 3.05) is 31.1 Å². The predicted molar refractivity (Wildman–Crippen MR) is 91.8 cm³/mol. The zero-order chi connectivity index (χ0) is 18.5. The molecule has 138 valence electrons. The third kappa shape index (κ3) is 4.47. The maximum Gasteiger partial charge on any atom is 0.239 e. The molecule has 0 aromatic heterocycles. The van der Waals surface area contributed by atoms with Crippen molar-refractivity contribution in [3.63, 3.8) is 0 Å². The highest BCUT2D eigenvalue weighted by atomic mass is 19.1. The molecule has 2 aromatic rings. The lowest BCUT2D eigenvalue weighted by Crippen LogP contribution is -2.41. The van der Waals surface area contributed by atoms with Crippen molar-refractivity contribution in [1.82, 2.24) is 5.32 Å².